The molecule has 0 saturated carbocycles. The Morgan fingerprint density at radius 3 is 2.50 bits per heavy atom. The minimum absolute atomic E-state index is 0.252. The Balaban J connectivity index is 1.88. The van der Waals surface area contributed by atoms with Gasteiger partial charge >= 0.3 is 0 Å². The molecular weight excluding hydrogens is 284 g/mol. The highest BCUT2D eigenvalue weighted by molar-refractivity contribution is 5.78. The number of benzene rings is 2. The molecule has 5 heteroatoms. The van der Waals surface area contributed by atoms with Gasteiger partial charge in [0.05, 0.1) is 11.0 Å². The smallest absolute Gasteiger partial charge is 0.204 e. The molecule has 1 heterocycles. The number of anilines is 1. The Bertz CT molecular complexity index is 778. The first-order valence-electron chi connectivity index (χ1n) is 7.31. The zero-order chi connectivity index (χ0) is 15.5. The molecule has 0 aliphatic rings. The van der Waals surface area contributed by atoms with Gasteiger partial charge in [-0.25, -0.2) is 13.8 Å². The van der Waals surface area contributed by atoms with Crippen LogP contribution in [0, 0.1) is 11.6 Å². The van der Waals surface area contributed by atoms with Gasteiger partial charge in [0.1, 0.15) is 11.6 Å². The van der Waals surface area contributed by atoms with E-state index in [0.29, 0.717) is 18.0 Å². The second kappa shape index (κ2) is 6.13. The molecule has 114 valence electrons. The maximum Gasteiger partial charge on any atom is 0.204 e. The number of halogens is 2. The first-order chi connectivity index (χ1) is 10.7. The van der Waals surface area contributed by atoms with Gasteiger partial charge in [-0.3, -0.25) is 0 Å². The summed E-state index contributed by atoms with van der Waals surface area (Å²) in [6.07, 6.45) is 0.952. The zero-order valence-corrected chi connectivity index (χ0v) is 12.3. The quantitative estimate of drug-likeness (QED) is 0.760. The number of hydrogen-bond donors (Lipinski definition) is 1. The number of fused-ring (bicyclic) bond motifs is 1. The predicted octanol–water partition coefficient (Wildman–Crippen LogP) is 4.34. The Labute approximate surface area is 127 Å². The molecule has 3 rings (SSSR count). The molecule has 3 aromatic rings. The molecule has 22 heavy (non-hydrogen) atoms. The molecule has 2 aromatic carbocycles. The predicted molar refractivity (Wildman–Crippen MR) is 83.7 cm³/mol. The lowest BCUT2D eigenvalue weighted by Crippen LogP contribution is -2.07. The van der Waals surface area contributed by atoms with E-state index in [1.54, 1.807) is 18.2 Å². The van der Waals surface area contributed by atoms with Crippen molar-refractivity contribution < 1.29 is 8.78 Å². The topological polar surface area (TPSA) is 29.9 Å². The van der Waals surface area contributed by atoms with Crippen molar-refractivity contribution in [2.45, 2.75) is 26.4 Å². The van der Waals surface area contributed by atoms with Gasteiger partial charge < -0.3 is 9.88 Å². The molecule has 0 unspecified atom stereocenters. The molecule has 0 spiro atoms. The molecule has 3 nitrogen and oxygen atoms in total. The van der Waals surface area contributed by atoms with Gasteiger partial charge in [-0.2, -0.15) is 0 Å². The molecular formula is C17H17F2N3. The normalized spacial score (nSPS) is 11.0. The first kappa shape index (κ1) is 14.5. The standard InChI is InChI=1S/C17H17F2N3/c1-2-9-22-16-8-7-14(19)10-15(16)21-17(22)20-11-12-3-5-13(18)6-4-12/h3-8,10H,2,9,11H2,1H3,(H,20,21). The summed E-state index contributed by atoms with van der Waals surface area (Å²) in [5, 5.41) is 3.25. The van der Waals surface area contributed by atoms with E-state index in [1.807, 2.05) is 4.57 Å². The number of hydrogen-bond acceptors (Lipinski definition) is 2. The molecule has 0 aliphatic carbocycles. The van der Waals surface area contributed by atoms with Crippen molar-refractivity contribution in [2.75, 3.05) is 5.32 Å². The van der Waals surface area contributed by atoms with Crippen molar-refractivity contribution in [1.82, 2.24) is 9.55 Å². The second-order valence-electron chi connectivity index (χ2n) is 5.20. The van der Waals surface area contributed by atoms with Crippen LogP contribution in [0.25, 0.3) is 11.0 Å². The summed E-state index contributed by atoms with van der Waals surface area (Å²) < 4.78 is 28.3. The average Bonchev–Trinajstić information content (AvgIpc) is 2.84. The summed E-state index contributed by atoms with van der Waals surface area (Å²) >= 11 is 0. The molecule has 1 N–H and O–H groups in total. The van der Waals surface area contributed by atoms with Crippen molar-refractivity contribution in [1.29, 1.82) is 0 Å². The van der Waals surface area contributed by atoms with Crippen LogP contribution in [-0.2, 0) is 13.1 Å². The molecule has 1 aromatic heterocycles. The highest BCUT2D eigenvalue weighted by Gasteiger charge is 2.10. The fourth-order valence-corrected chi connectivity index (χ4v) is 2.47. The Kier molecular flexibility index (Phi) is 4.04. The van der Waals surface area contributed by atoms with Crippen molar-refractivity contribution in [3.8, 4) is 0 Å². The second-order valence-corrected chi connectivity index (χ2v) is 5.20. The summed E-state index contributed by atoms with van der Waals surface area (Å²) in [5.74, 6) is 0.156. The number of imidazole rings is 1. The Morgan fingerprint density at radius 2 is 1.77 bits per heavy atom. The molecule has 0 radical (unpaired) electrons. The van der Waals surface area contributed by atoms with Gasteiger partial charge in [-0.05, 0) is 36.2 Å². The fourth-order valence-electron chi connectivity index (χ4n) is 2.47. The summed E-state index contributed by atoms with van der Waals surface area (Å²) in [6.45, 7) is 3.42. The van der Waals surface area contributed by atoms with Gasteiger partial charge in [0.15, 0.2) is 0 Å². The largest absolute Gasteiger partial charge is 0.352 e. The van der Waals surface area contributed by atoms with E-state index >= 15 is 0 Å². The third kappa shape index (κ3) is 2.93. The van der Waals surface area contributed by atoms with Crippen molar-refractivity contribution >= 4 is 17.0 Å². The van der Waals surface area contributed by atoms with Crippen LogP contribution >= 0.6 is 0 Å². The van der Waals surface area contributed by atoms with Crippen molar-refractivity contribution in [3.63, 3.8) is 0 Å². The van der Waals surface area contributed by atoms with Crippen LogP contribution < -0.4 is 5.32 Å². The van der Waals surface area contributed by atoms with Crippen LogP contribution in [0.4, 0.5) is 14.7 Å². The SMILES string of the molecule is CCCn1c(NCc2ccc(F)cc2)nc2cc(F)ccc21. The fraction of sp³-hybridized carbons (Fsp3) is 0.235. The minimum Gasteiger partial charge on any atom is -0.352 e. The van der Waals surface area contributed by atoms with E-state index in [4.69, 9.17) is 0 Å². The Hall–Kier alpha value is -2.43. The lowest BCUT2D eigenvalue weighted by molar-refractivity contribution is 0.627. The number of rotatable bonds is 5. The summed E-state index contributed by atoms with van der Waals surface area (Å²) in [5.41, 5.74) is 2.50. The monoisotopic (exact) mass is 301 g/mol. The van der Waals surface area contributed by atoms with E-state index in [9.17, 15) is 8.78 Å². The number of aromatic nitrogens is 2. The maximum absolute atomic E-state index is 13.3. The van der Waals surface area contributed by atoms with Gasteiger partial charge in [-0.15, -0.1) is 0 Å². The van der Waals surface area contributed by atoms with Crippen LogP contribution in [0.2, 0.25) is 0 Å². The zero-order valence-electron chi connectivity index (χ0n) is 12.3. The summed E-state index contributed by atoms with van der Waals surface area (Å²) in [7, 11) is 0. The minimum atomic E-state index is -0.293. The Morgan fingerprint density at radius 1 is 1.05 bits per heavy atom. The van der Waals surface area contributed by atoms with Crippen LogP contribution in [-0.4, -0.2) is 9.55 Å². The molecule has 0 fully saturated rings. The third-order valence-electron chi connectivity index (χ3n) is 3.52. The number of nitrogens with zero attached hydrogens (tertiary/aromatic N) is 2. The van der Waals surface area contributed by atoms with Gasteiger partial charge in [-0.1, -0.05) is 19.1 Å². The first-order valence-corrected chi connectivity index (χ1v) is 7.31. The van der Waals surface area contributed by atoms with E-state index in [2.05, 4.69) is 17.2 Å². The number of nitrogens with one attached hydrogen (secondary N) is 1. The maximum atomic E-state index is 13.3. The molecule has 0 saturated heterocycles. The molecule has 0 aliphatic heterocycles. The average molecular weight is 301 g/mol. The molecule has 0 amide bonds. The summed E-state index contributed by atoms with van der Waals surface area (Å²) in [4.78, 5) is 4.46. The molecule has 0 bridgehead atoms. The van der Waals surface area contributed by atoms with E-state index in [1.165, 1.54) is 24.3 Å². The molecule has 0 atom stereocenters. The highest BCUT2D eigenvalue weighted by atomic mass is 19.1. The summed E-state index contributed by atoms with van der Waals surface area (Å²) in [6, 6.07) is 11.0. The van der Waals surface area contributed by atoms with E-state index in [0.717, 1.165) is 24.0 Å². The lowest BCUT2D eigenvalue weighted by Gasteiger charge is -2.10. The van der Waals surface area contributed by atoms with E-state index in [-0.39, 0.29) is 11.6 Å². The van der Waals surface area contributed by atoms with Crippen LogP contribution in [0.1, 0.15) is 18.9 Å². The van der Waals surface area contributed by atoms with E-state index < -0.39 is 0 Å². The van der Waals surface area contributed by atoms with Gasteiger partial charge in [0, 0.05) is 19.2 Å². The van der Waals surface area contributed by atoms with Crippen LogP contribution in [0.15, 0.2) is 42.5 Å². The van der Waals surface area contributed by atoms with Crippen LogP contribution in [0.5, 0.6) is 0 Å². The third-order valence-corrected chi connectivity index (χ3v) is 3.52. The van der Waals surface area contributed by atoms with Gasteiger partial charge in [0.25, 0.3) is 0 Å². The van der Waals surface area contributed by atoms with Crippen LogP contribution in [0.3, 0.4) is 0 Å². The van der Waals surface area contributed by atoms with Gasteiger partial charge in [0.2, 0.25) is 5.95 Å². The highest BCUT2D eigenvalue weighted by Crippen LogP contribution is 2.21. The lowest BCUT2D eigenvalue weighted by atomic mass is 10.2. The van der Waals surface area contributed by atoms with Crippen molar-refractivity contribution in [3.05, 3.63) is 59.7 Å². The van der Waals surface area contributed by atoms with Crippen molar-refractivity contribution in [2.24, 2.45) is 0 Å². The number of aryl methyl sites for hydroxylation is 1.